The van der Waals surface area contributed by atoms with Crippen molar-refractivity contribution in [1.82, 2.24) is 0 Å². The molecule has 5 heteroatoms. The summed E-state index contributed by atoms with van der Waals surface area (Å²) in [6.45, 7) is 2.08. The van der Waals surface area contributed by atoms with Crippen molar-refractivity contribution in [1.29, 1.82) is 0 Å². The number of carbonyl (C=O) groups is 1. The van der Waals surface area contributed by atoms with Crippen molar-refractivity contribution in [3.63, 3.8) is 0 Å². The van der Waals surface area contributed by atoms with Gasteiger partial charge in [-0.15, -0.1) is 0 Å². The third kappa shape index (κ3) is 6.14. The monoisotopic (exact) mass is 294 g/mol. The molecule has 0 amide bonds. The lowest BCUT2D eigenvalue weighted by Gasteiger charge is -2.09. The molecular weight excluding hydrogens is 272 g/mol. The Labute approximate surface area is 124 Å². The van der Waals surface area contributed by atoms with Crippen molar-refractivity contribution in [2.75, 3.05) is 19.8 Å². The van der Waals surface area contributed by atoms with Crippen LogP contribution >= 0.6 is 0 Å². The summed E-state index contributed by atoms with van der Waals surface area (Å²) in [5.74, 6) is 0.0491. The highest BCUT2D eigenvalue weighted by molar-refractivity contribution is 5.67. The number of hydrogen-bond donors (Lipinski definition) is 1. The van der Waals surface area contributed by atoms with Crippen LogP contribution < -0.4 is 4.74 Å². The number of unbranched alkanes of at least 4 members (excludes halogenated alkanes) is 1. The average molecular weight is 294 g/mol. The van der Waals surface area contributed by atoms with Gasteiger partial charge in [0.05, 0.1) is 19.8 Å². The average Bonchev–Trinajstić information content (AvgIpc) is 2.99. The van der Waals surface area contributed by atoms with Crippen LogP contribution in [-0.2, 0) is 20.7 Å². The number of rotatable bonds is 9. The van der Waals surface area contributed by atoms with E-state index >= 15 is 0 Å². The third-order valence-electron chi connectivity index (χ3n) is 3.34. The molecule has 0 radical (unpaired) electrons. The first-order chi connectivity index (χ1) is 10.2. The highest BCUT2D eigenvalue weighted by Crippen LogP contribution is 2.15. The second kappa shape index (κ2) is 8.64. The Hall–Kier alpha value is -1.59. The van der Waals surface area contributed by atoms with Crippen molar-refractivity contribution in [3.05, 3.63) is 29.8 Å². The van der Waals surface area contributed by atoms with Crippen molar-refractivity contribution < 1.29 is 24.1 Å². The van der Waals surface area contributed by atoms with E-state index in [2.05, 4.69) is 0 Å². The predicted molar refractivity (Wildman–Crippen MR) is 77.4 cm³/mol. The maximum Gasteiger partial charge on any atom is 0.303 e. The minimum absolute atomic E-state index is 0.0291. The minimum Gasteiger partial charge on any atom is -0.494 e. The zero-order chi connectivity index (χ0) is 14.9. The van der Waals surface area contributed by atoms with Gasteiger partial charge < -0.3 is 19.3 Å². The molecule has 1 fully saturated rings. The number of hydrogen-bond acceptors (Lipinski definition) is 4. The lowest BCUT2D eigenvalue weighted by molar-refractivity contribution is -0.136. The predicted octanol–water partition coefficient (Wildman–Crippen LogP) is 2.63. The molecule has 0 aromatic heterocycles. The number of benzene rings is 1. The first-order valence-corrected chi connectivity index (χ1v) is 7.41. The van der Waals surface area contributed by atoms with E-state index in [4.69, 9.17) is 19.3 Å². The van der Waals surface area contributed by atoms with Crippen LogP contribution in [0.4, 0.5) is 0 Å². The topological polar surface area (TPSA) is 65.0 Å². The van der Waals surface area contributed by atoms with Gasteiger partial charge in [-0.1, -0.05) is 12.1 Å². The third-order valence-corrected chi connectivity index (χ3v) is 3.34. The summed E-state index contributed by atoms with van der Waals surface area (Å²) in [7, 11) is 0. The highest BCUT2D eigenvalue weighted by Gasteiger charge is 2.14. The fourth-order valence-corrected chi connectivity index (χ4v) is 2.18. The second-order valence-corrected chi connectivity index (χ2v) is 5.05. The van der Waals surface area contributed by atoms with E-state index in [1.54, 1.807) is 0 Å². The van der Waals surface area contributed by atoms with E-state index in [1.165, 1.54) is 0 Å². The fourth-order valence-electron chi connectivity index (χ4n) is 2.18. The maximum atomic E-state index is 10.5. The number of carboxylic acid groups (broad SMARTS) is 1. The highest BCUT2D eigenvalue weighted by atomic mass is 16.7. The molecule has 1 aromatic rings. The molecule has 1 N–H and O–H groups in total. The molecule has 1 aliphatic heterocycles. The van der Waals surface area contributed by atoms with Crippen molar-refractivity contribution in [2.45, 2.75) is 38.4 Å². The largest absolute Gasteiger partial charge is 0.494 e. The van der Waals surface area contributed by atoms with Gasteiger partial charge in [-0.2, -0.15) is 0 Å². The molecule has 2 rings (SSSR count). The van der Waals surface area contributed by atoms with Gasteiger partial charge in [-0.25, -0.2) is 0 Å². The Morgan fingerprint density at radius 2 is 1.90 bits per heavy atom. The molecule has 0 spiro atoms. The fraction of sp³-hybridized carbons (Fsp3) is 0.562. The first-order valence-electron chi connectivity index (χ1n) is 7.41. The van der Waals surface area contributed by atoms with Gasteiger partial charge >= 0.3 is 5.97 Å². The van der Waals surface area contributed by atoms with E-state index in [1.807, 2.05) is 24.3 Å². The molecule has 21 heavy (non-hydrogen) atoms. The molecule has 0 aliphatic carbocycles. The molecule has 1 aliphatic rings. The normalized spacial score (nSPS) is 15.2. The number of aryl methyl sites for hydroxylation is 1. The molecule has 0 saturated carbocycles. The molecule has 5 nitrogen and oxygen atoms in total. The molecule has 1 saturated heterocycles. The number of aliphatic carboxylic acids is 1. The van der Waals surface area contributed by atoms with E-state index in [0.717, 1.165) is 30.6 Å². The van der Waals surface area contributed by atoms with Crippen LogP contribution in [0.15, 0.2) is 24.3 Å². The zero-order valence-corrected chi connectivity index (χ0v) is 12.1. The summed E-state index contributed by atoms with van der Waals surface area (Å²) in [5.41, 5.74) is 1.01. The van der Waals surface area contributed by atoms with E-state index in [-0.39, 0.29) is 12.7 Å². The van der Waals surface area contributed by atoms with Gasteiger partial charge in [0, 0.05) is 6.42 Å². The van der Waals surface area contributed by atoms with E-state index in [0.29, 0.717) is 26.2 Å². The van der Waals surface area contributed by atoms with Crippen molar-refractivity contribution >= 4 is 5.97 Å². The Morgan fingerprint density at radius 3 is 2.57 bits per heavy atom. The Balaban J connectivity index is 1.58. The maximum absolute atomic E-state index is 10.5. The Kier molecular flexibility index (Phi) is 6.50. The van der Waals surface area contributed by atoms with Crippen LogP contribution in [0.25, 0.3) is 0 Å². The SMILES string of the molecule is O=C(O)CCc1ccc(OCCCCC2OCCO2)cc1. The van der Waals surface area contributed by atoms with Gasteiger partial charge in [0.15, 0.2) is 6.29 Å². The summed E-state index contributed by atoms with van der Waals surface area (Å²) < 4.78 is 16.4. The summed E-state index contributed by atoms with van der Waals surface area (Å²) in [6, 6.07) is 7.61. The Bertz CT molecular complexity index is 423. The summed E-state index contributed by atoms with van der Waals surface area (Å²) in [5, 5.41) is 8.63. The van der Waals surface area contributed by atoms with Gasteiger partial charge in [0.25, 0.3) is 0 Å². The van der Waals surface area contributed by atoms with Gasteiger partial charge in [0.2, 0.25) is 0 Å². The number of ether oxygens (including phenoxy) is 3. The first kappa shape index (κ1) is 15.8. The van der Waals surface area contributed by atoms with Crippen LogP contribution in [0.1, 0.15) is 31.2 Å². The van der Waals surface area contributed by atoms with Gasteiger partial charge in [-0.3, -0.25) is 4.79 Å². The summed E-state index contributed by atoms with van der Waals surface area (Å²) >= 11 is 0. The molecule has 0 unspecified atom stereocenters. The summed E-state index contributed by atoms with van der Waals surface area (Å²) in [6.07, 6.45) is 3.57. The standard InChI is InChI=1S/C16H22O5/c17-15(18)9-6-13-4-7-14(8-5-13)19-10-2-1-3-16-20-11-12-21-16/h4-5,7-8,16H,1-3,6,9-12H2,(H,17,18). The zero-order valence-electron chi connectivity index (χ0n) is 12.1. The lowest BCUT2D eigenvalue weighted by Crippen LogP contribution is -2.08. The molecular formula is C16H22O5. The summed E-state index contributed by atoms with van der Waals surface area (Å²) in [4.78, 5) is 10.5. The van der Waals surface area contributed by atoms with Gasteiger partial charge in [-0.05, 0) is 43.4 Å². The smallest absolute Gasteiger partial charge is 0.303 e. The number of carboxylic acids is 1. The minimum atomic E-state index is -0.773. The Morgan fingerprint density at radius 1 is 1.19 bits per heavy atom. The quantitative estimate of drug-likeness (QED) is 0.709. The van der Waals surface area contributed by atoms with Crippen molar-refractivity contribution in [3.8, 4) is 5.75 Å². The molecule has 1 aromatic carbocycles. The van der Waals surface area contributed by atoms with E-state index < -0.39 is 5.97 Å². The molecule has 116 valence electrons. The van der Waals surface area contributed by atoms with Crippen LogP contribution in [0.2, 0.25) is 0 Å². The molecule has 0 bridgehead atoms. The van der Waals surface area contributed by atoms with Crippen LogP contribution in [0.5, 0.6) is 5.75 Å². The lowest BCUT2D eigenvalue weighted by atomic mass is 10.1. The van der Waals surface area contributed by atoms with Crippen LogP contribution in [-0.4, -0.2) is 37.2 Å². The molecule has 1 heterocycles. The van der Waals surface area contributed by atoms with Crippen molar-refractivity contribution in [2.24, 2.45) is 0 Å². The van der Waals surface area contributed by atoms with Crippen LogP contribution in [0, 0.1) is 0 Å². The second-order valence-electron chi connectivity index (χ2n) is 5.05. The molecule has 0 atom stereocenters. The van der Waals surface area contributed by atoms with Gasteiger partial charge in [0.1, 0.15) is 5.75 Å². The van der Waals surface area contributed by atoms with Crippen LogP contribution in [0.3, 0.4) is 0 Å². The van der Waals surface area contributed by atoms with E-state index in [9.17, 15) is 4.79 Å².